The molecule has 1 aromatic heterocycles. The lowest BCUT2D eigenvalue weighted by Gasteiger charge is -2.08. The van der Waals surface area contributed by atoms with E-state index in [4.69, 9.17) is 0 Å². The second-order valence-corrected chi connectivity index (χ2v) is 5.32. The van der Waals surface area contributed by atoms with Crippen molar-refractivity contribution in [1.29, 1.82) is 0 Å². The molecule has 0 radical (unpaired) electrons. The zero-order valence-corrected chi connectivity index (χ0v) is 14.5. The fourth-order valence-electron chi connectivity index (χ4n) is 2.45. The Hall–Kier alpha value is -2.87. The second-order valence-electron chi connectivity index (χ2n) is 5.32. The zero-order valence-electron chi connectivity index (χ0n) is 14.5. The number of hydrogen-bond acceptors (Lipinski definition) is 2. The summed E-state index contributed by atoms with van der Waals surface area (Å²) < 4.78 is 0. The molecule has 24 heavy (non-hydrogen) atoms. The van der Waals surface area contributed by atoms with Gasteiger partial charge in [-0.25, -0.2) is 0 Å². The number of pyridine rings is 1. The van der Waals surface area contributed by atoms with Gasteiger partial charge in [0.1, 0.15) is 11.4 Å². The molecule has 2 heteroatoms. The fourth-order valence-corrected chi connectivity index (χ4v) is 2.45. The molecule has 0 saturated heterocycles. The molecule has 0 unspecified atom stereocenters. The maximum Gasteiger partial charge on any atom is 0.142 e. The Labute approximate surface area is 144 Å². The van der Waals surface area contributed by atoms with E-state index in [1.807, 2.05) is 51.1 Å². The maximum atomic E-state index is 10.1. The quantitative estimate of drug-likeness (QED) is 0.625. The normalized spacial score (nSPS) is 9.79. The Kier molecular flexibility index (Phi) is 5.91. The van der Waals surface area contributed by atoms with E-state index < -0.39 is 0 Å². The highest BCUT2D eigenvalue weighted by Gasteiger charge is 2.07. The lowest BCUT2D eigenvalue weighted by atomic mass is 9.99. The number of allylic oxidation sites excluding steroid dienone is 1. The molecule has 0 aliphatic carbocycles. The first-order valence-corrected chi connectivity index (χ1v) is 8.16. The van der Waals surface area contributed by atoms with Crippen LogP contribution in [0.3, 0.4) is 0 Å². The van der Waals surface area contributed by atoms with Crippen LogP contribution in [0.15, 0.2) is 73.4 Å². The van der Waals surface area contributed by atoms with E-state index in [2.05, 4.69) is 35.8 Å². The first-order valence-electron chi connectivity index (χ1n) is 8.16. The highest BCUT2D eigenvalue weighted by molar-refractivity contribution is 5.75. The summed E-state index contributed by atoms with van der Waals surface area (Å²) in [5, 5.41) is 10.1. The molecule has 3 aromatic rings. The van der Waals surface area contributed by atoms with Gasteiger partial charge in [0.05, 0.1) is 0 Å². The third-order valence-electron chi connectivity index (χ3n) is 3.57. The summed E-state index contributed by atoms with van der Waals surface area (Å²) in [6, 6.07) is 20.2. The largest absolute Gasteiger partial charge is 0.506 e. The monoisotopic (exact) mass is 317 g/mol. The summed E-state index contributed by atoms with van der Waals surface area (Å²) in [4.78, 5) is 4.31. The summed E-state index contributed by atoms with van der Waals surface area (Å²) in [6.07, 6.45) is 1.77. The van der Waals surface area contributed by atoms with Gasteiger partial charge in [0.25, 0.3) is 0 Å². The Morgan fingerprint density at radius 1 is 0.833 bits per heavy atom. The smallest absolute Gasteiger partial charge is 0.142 e. The molecule has 0 bridgehead atoms. The van der Waals surface area contributed by atoms with Crippen LogP contribution in [0.1, 0.15) is 26.5 Å². The third kappa shape index (κ3) is 3.90. The Morgan fingerprint density at radius 3 is 2.00 bits per heavy atom. The van der Waals surface area contributed by atoms with Crippen LogP contribution in [0, 0.1) is 0 Å². The van der Waals surface area contributed by atoms with Gasteiger partial charge in [0.15, 0.2) is 0 Å². The van der Waals surface area contributed by atoms with Crippen LogP contribution in [0.5, 0.6) is 5.75 Å². The van der Waals surface area contributed by atoms with Crippen molar-refractivity contribution in [3.8, 4) is 28.0 Å². The van der Waals surface area contributed by atoms with Crippen molar-refractivity contribution in [3.63, 3.8) is 0 Å². The van der Waals surface area contributed by atoms with E-state index in [9.17, 15) is 5.11 Å². The molecule has 1 N–H and O–H groups in total. The predicted octanol–water partition coefficient (Wildman–Crippen LogP) is 6.18. The molecule has 0 saturated carbocycles. The van der Waals surface area contributed by atoms with E-state index in [0.29, 0.717) is 5.69 Å². The number of rotatable bonds is 3. The van der Waals surface area contributed by atoms with E-state index in [1.54, 1.807) is 12.3 Å². The van der Waals surface area contributed by atoms with Gasteiger partial charge in [-0.2, -0.15) is 0 Å². The van der Waals surface area contributed by atoms with Gasteiger partial charge in [-0.3, -0.25) is 4.98 Å². The van der Waals surface area contributed by atoms with E-state index in [0.717, 1.165) is 22.3 Å². The number of nitrogens with zero attached hydrogens (tertiary/aromatic N) is 1. The topological polar surface area (TPSA) is 33.1 Å². The maximum absolute atomic E-state index is 10.1. The van der Waals surface area contributed by atoms with Gasteiger partial charge in [-0.15, -0.1) is 0 Å². The van der Waals surface area contributed by atoms with Gasteiger partial charge in [0.2, 0.25) is 0 Å². The fraction of sp³-hybridized carbons (Fsp3) is 0.136. The van der Waals surface area contributed by atoms with Crippen molar-refractivity contribution in [3.05, 3.63) is 79.1 Å². The number of aromatic hydroxyl groups is 1. The minimum atomic E-state index is 0.162. The molecule has 3 rings (SSSR count). The predicted molar refractivity (Wildman–Crippen MR) is 103 cm³/mol. The van der Waals surface area contributed by atoms with Gasteiger partial charge in [-0.1, -0.05) is 69.0 Å². The first kappa shape index (κ1) is 17.5. The Morgan fingerprint density at radius 2 is 1.42 bits per heavy atom. The van der Waals surface area contributed by atoms with Crippen LogP contribution in [0.25, 0.3) is 27.8 Å². The molecule has 0 atom stereocenters. The molecular weight excluding hydrogens is 294 g/mol. The average Bonchev–Trinajstić information content (AvgIpc) is 2.64. The SMILES string of the molecule is C=C(C)c1ncc(-c2cccc(-c3ccccc3)c2)cc1O.CC. The molecule has 1 heterocycles. The summed E-state index contributed by atoms with van der Waals surface area (Å²) >= 11 is 0. The summed E-state index contributed by atoms with van der Waals surface area (Å²) in [6.45, 7) is 9.65. The van der Waals surface area contributed by atoms with Crippen molar-refractivity contribution in [1.82, 2.24) is 4.98 Å². The Bertz CT molecular complexity index is 822. The van der Waals surface area contributed by atoms with Gasteiger partial charge in [-0.05, 0) is 41.3 Å². The molecule has 0 aliphatic rings. The number of aromatic nitrogens is 1. The summed E-state index contributed by atoms with van der Waals surface area (Å²) in [5.74, 6) is 0.162. The van der Waals surface area contributed by atoms with Gasteiger partial charge >= 0.3 is 0 Å². The van der Waals surface area contributed by atoms with E-state index in [-0.39, 0.29) is 5.75 Å². The minimum Gasteiger partial charge on any atom is -0.506 e. The molecule has 0 aliphatic heterocycles. The van der Waals surface area contributed by atoms with Crippen molar-refractivity contribution in [2.75, 3.05) is 0 Å². The van der Waals surface area contributed by atoms with Crippen LogP contribution < -0.4 is 0 Å². The number of benzene rings is 2. The molecule has 2 nitrogen and oxygen atoms in total. The van der Waals surface area contributed by atoms with Crippen LogP contribution in [-0.2, 0) is 0 Å². The van der Waals surface area contributed by atoms with Crippen LogP contribution in [0.4, 0.5) is 0 Å². The third-order valence-corrected chi connectivity index (χ3v) is 3.57. The van der Waals surface area contributed by atoms with Crippen molar-refractivity contribution in [2.45, 2.75) is 20.8 Å². The number of hydrogen-bond donors (Lipinski definition) is 1. The Balaban J connectivity index is 0.00000100. The highest BCUT2D eigenvalue weighted by atomic mass is 16.3. The lowest BCUT2D eigenvalue weighted by molar-refractivity contribution is 0.471. The molecule has 0 fully saturated rings. The van der Waals surface area contributed by atoms with Crippen molar-refractivity contribution in [2.24, 2.45) is 0 Å². The molecule has 122 valence electrons. The standard InChI is InChI=1S/C20H17NO.C2H6/c1-14(2)20-19(22)12-18(13-21-20)17-10-6-9-16(11-17)15-7-4-3-5-8-15;1-2/h3-13,22H,1H2,2H3;1-2H3. The molecule has 2 aromatic carbocycles. The highest BCUT2D eigenvalue weighted by Crippen LogP contribution is 2.30. The van der Waals surface area contributed by atoms with E-state index >= 15 is 0 Å². The van der Waals surface area contributed by atoms with Crippen LogP contribution in [0.2, 0.25) is 0 Å². The van der Waals surface area contributed by atoms with Gasteiger partial charge < -0.3 is 5.11 Å². The molecule has 0 spiro atoms. The first-order chi connectivity index (χ1) is 11.6. The van der Waals surface area contributed by atoms with Crippen LogP contribution >= 0.6 is 0 Å². The average molecular weight is 317 g/mol. The lowest BCUT2D eigenvalue weighted by Crippen LogP contribution is -1.88. The molecular formula is C22H23NO. The van der Waals surface area contributed by atoms with E-state index in [1.165, 1.54) is 5.56 Å². The van der Waals surface area contributed by atoms with Crippen molar-refractivity contribution >= 4 is 5.57 Å². The summed E-state index contributed by atoms with van der Waals surface area (Å²) in [5.41, 5.74) is 5.52. The van der Waals surface area contributed by atoms with Crippen LogP contribution in [-0.4, -0.2) is 10.1 Å². The van der Waals surface area contributed by atoms with Crippen molar-refractivity contribution < 1.29 is 5.11 Å². The minimum absolute atomic E-state index is 0.162. The van der Waals surface area contributed by atoms with Gasteiger partial charge in [0, 0.05) is 11.8 Å². The second kappa shape index (κ2) is 8.11. The zero-order chi connectivity index (χ0) is 17.5. The summed E-state index contributed by atoms with van der Waals surface area (Å²) in [7, 11) is 0. The molecule has 0 amide bonds.